The molecule has 2 aromatic carbocycles. The molecule has 0 aliphatic carbocycles. The van der Waals surface area contributed by atoms with E-state index in [0.29, 0.717) is 17.6 Å². The van der Waals surface area contributed by atoms with Crippen LogP contribution in [0.2, 0.25) is 0 Å². The van der Waals surface area contributed by atoms with E-state index in [1.807, 2.05) is 13.0 Å². The molecule has 2 heterocycles. The van der Waals surface area contributed by atoms with Crippen LogP contribution in [0.3, 0.4) is 0 Å². The van der Waals surface area contributed by atoms with Crippen LogP contribution in [0, 0.1) is 12.7 Å². The van der Waals surface area contributed by atoms with Gasteiger partial charge in [0.15, 0.2) is 0 Å². The molecule has 3 aromatic rings. The number of carboxylic acids is 1. The number of phenolic OH excluding ortho intramolecular Hbond substituents is 1. The third-order valence-electron chi connectivity index (χ3n) is 6.11. The van der Waals surface area contributed by atoms with Gasteiger partial charge < -0.3 is 19.5 Å². The van der Waals surface area contributed by atoms with Gasteiger partial charge in [-0.15, -0.1) is 0 Å². The van der Waals surface area contributed by atoms with Crippen molar-refractivity contribution in [3.8, 4) is 11.4 Å². The number of halogens is 1. The first kappa shape index (κ1) is 20.4. The van der Waals surface area contributed by atoms with Crippen molar-refractivity contribution in [2.75, 3.05) is 6.61 Å². The lowest BCUT2D eigenvalue weighted by Crippen LogP contribution is -2.42. The summed E-state index contributed by atoms with van der Waals surface area (Å²) in [6, 6.07) is 10.3. The van der Waals surface area contributed by atoms with E-state index in [2.05, 4.69) is 18.4 Å². The second kappa shape index (κ2) is 6.84. The zero-order chi connectivity index (χ0) is 21.8. The number of hydrogen-bond acceptors (Lipinski definition) is 3. The zero-order valence-electron chi connectivity index (χ0n) is 17.6. The lowest BCUT2D eigenvalue weighted by atomic mass is 9.77. The highest BCUT2D eigenvalue weighted by Crippen LogP contribution is 2.51. The van der Waals surface area contributed by atoms with Crippen molar-refractivity contribution in [2.45, 2.75) is 51.6 Å². The van der Waals surface area contributed by atoms with Crippen LogP contribution in [0.25, 0.3) is 16.6 Å². The summed E-state index contributed by atoms with van der Waals surface area (Å²) in [6.45, 7) is 8.13. The molecular formula is C24H26FNO4. The van der Waals surface area contributed by atoms with Gasteiger partial charge in [0.05, 0.1) is 17.7 Å². The molecule has 1 aliphatic heterocycles. The maximum Gasteiger partial charge on any atom is 0.303 e. The molecule has 30 heavy (non-hydrogen) atoms. The maximum atomic E-state index is 14.0. The van der Waals surface area contributed by atoms with Crippen LogP contribution >= 0.6 is 0 Å². The number of aliphatic carboxylic acids is 1. The SMILES string of the molecule is Cc1cc(-n2c3c(c4c(O)cccc42)[C@@](C)(CCC(=O)O)OCC3(C)C)ccc1F. The first-order valence-electron chi connectivity index (χ1n) is 10.0. The van der Waals surface area contributed by atoms with E-state index >= 15 is 0 Å². The molecule has 2 N–H and O–H groups in total. The number of aryl methyl sites for hydroxylation is 1. The largest absolute Gasteiger partial charge is 0.507 e. The van der Waals surface area contributed by atoms with Crippen LogP contribution in [0.4, 0.5) is 4.39 Å². The third-order valence-corrected chi connectivity index (χ3v) is 6.11. The molecule has 0 bridgehead atoms. The Kier molecular flexibility index (Phi) is 4.66. The normalized spacial score (nSPS) is 20.3. The van der Waals surface area contributed by atoms with Crippen LogP contribution < -0.4 is 0 Å². The molecule has 0 fully saturated rings. The van der Waals surface area contributed by atoms with E-state index in [4.69, 9.17) is 4.74 Å². The molecule has 0 unspecified atom stereocenters. The van der Waals surface area contributed by atoms with E-state index in [0.717, 1.165) is 22.5 Å². The summed E-state index contributed by atoms with van der Waals surface area (Å²) >= 11 is 0. The van der Waals surface area contributed by atoms with E-state index < -0.39 is 17.0 Å². The Bertz CT molecular complexity index is 1160. The second-order valence-electron chi connectivity index (χ2n) is 8.96. The van der Waals surface area contributed by atoms with Crippen LogP contribution in [-0.2, 0) is 20.5 Å². The van der Waals surface area contributed by atoms with Gasteiger partial charge in [-0.2, -0.15) is 0 Å². The van der Waals surface area contributed by atoms with Crippen molar-refractivity contribution in [3.63, 3.8) is 0 Å². The number of ether oxygens (including phenoxy) is 1. The summed E-state index contributed by atoms with van der Waals surface area (Å²) in [6.07, 6.45) is 0.230. The van der Waals surface area contributed by atoms with Crippen molar-refractivity contribution >= 4 is 16.9 Å². The van der Waals surface area contributed by atoms with Gasteiger partial charge >= 0.3 is 5.97 Å². The topological polar surface area (TPSA) is 71.7 Å². The van der Waals surface area contributed by atoms with Gasteiger partial charge in [-0.05, 0) is 56.2 Å². The number of carboxylic acid groups (broad SMARTS) is 1. The van der Waals surface area contributed by atoms with E-state index in [1.165, 1.54) is 6.07 Å². The number of aromatic nitrogens is 1. The quantitative estimate of drug-likeness (QED) is 0.621. The van der Waals surface area contributed by atoms with Crippen molar-refractivity contribution in [1.29, 1.82) is 0 Å². The maximum absolute atomic E-state index is 14.0. The van der Waals surface area contributed by atoms with Crippen molar-refractivity contribution in [3.05, 3.63) is 59.0 Å². The molecule has 0 radical (unpaired) electrons. The fourth-order valence-corrected chi connectivity index (χ4v) is 4.54. The molecule has 0 spiro atoms. The van der Waals surface area contributed by atoms with Gasteiger partial charge in [-0.25, -0.2) is 4.39 Å². The Hall–Kier alpha value is -2.86. The van der Waals surface area contributed by atoms with Gasteiger partial charge in [0.2, 0.25) is 0 Å². The van der Waals surface area contributed by atoms with Gasteiger partial charge in [0.25, 0.3) is 0 Å². The van der Waals surface area contributed by atoms with Crippen LogP contribution in [0.5, 0.6) is 5.75 Å². The highest BCUT2D eigenvalue weighted by molar-refractivity contribution is 5.94. The fraction of sp³-hybridized carbons (Fsp3) is 0.375. The minimum absolute atomic E-state index is 0.0493. The van der Waals surface area contributed by atoms with Crippen LogP contribution in [0.15, 0.2) is 36.4 Å². The number of rotatable bonds is 4. The lowest BCUT2D eigenvalue weighted by Gasteiger charge is -2.42. The monoisotopic (exact) mass is 411 g/mol. The minimum Gasteiger partial charge on any atom is -0.507 e. The Morgan fingerprint density at radius 1 is 1.23 bits per heavy atom. The molecule has 5 nitrogen and oxygen atoms in total. The van der Waals surface area contributed by atoms with Crippen LogP contribution in [0.1, 0.15) is 50.4 Å². The molecule has 0 amide bonds. The highest BCUT2D eigenvalue weighted by atomic mass is 19.1. The summed E-state index contributed by atoms with van der Waals surface area (Å²) in [5.74, 6) is -1.06. The van der Waals surface area contributed by atoms with Crippen LogP contribution in [-0.4, -0.2) is 27.4 Å². The summed E-state index contributed by atoms with van der Waals surface area (Å²) in [5, 5.41) is 20.7. The standard InChI is InChI=1S/C24H26FNO4/c1-14-12-15(8-9-16(14)25)26-17-6-5-7-18(27)20(17)21-22(26)23(2,3)13-30-24(21,4)11-10-19(28)29/h5-9,12,27H,10-11,13H2,1-4H3,(H,28,29)/t24-/m1/s1. The Labute approximate surface area is 174 Å². The van der Waals surface area contributed by atoms with E-state index in [9.17, 15) is 19.4 Å². The van der Waals surface area contributed by atoms with E-state index in [1.54, 1.807) is 31.2 Å². The summed E-state index contributed by atoms with van der Waals surface area (Å²) < 4.78 is 22.3. The Morgan fingerprint density at radius 2 is 1.97 bits per heavy atom. The minimum atomic E-state index is -0.895. The molecule has 1 aromatic heterocycles. The number of aromatic hydroxyl groups is 1. The van der Waals surface area contributed by atoms with E-state index in [-0.39, 0.29) is 24.4 Å². The lowest BCUT2D eigenvalue weighted by molar-refractivity contribution is -0.140. The predicted molar refractivity (Wildman–Crippen MR) is 113 cm³/mol. The number of benzene rings is 2. The summed E-state index contributed by atoms with van der Waals surface area (Å²) in [5.41, 5.74) is 2.57. The number of carbonyl (C=O) groups is 1. The molecule has 6 heteroatoms. The summed E-state index contributed by atoms with van der Waals surface area (Å²) in [7, 11) is 0. The molecular weight excluding hydrogens is 385 g/mol. The molecule has 158 valence electrons. The molecule has 0 saturated heterocycles. The first-order chi connectivity index (χ1) is 14.0. The Balaban J connectivity index is 2.11. The van der Waals surface area contributed by atoms with Crippen molar-refractivity contribution in [2.24, 2.45) is 0 Å². The number of hydrogen-bond donors (Lipinski definition) is 2. The number of fused-ring (bicyclic) bond motifs is 3. The predicted octanol–water partition coefficient (Wildman–Crippen LogP) is 5.17. The second-order valence-corrected chi connectivity index (χ2v) is 8.96. The van der Waals surface area contributed by atoms with Crippen molar-refractivity contribution in [1.82, 2.24) is 4.57 Å². The summed E-state index contributed by atoms with van der Waals surface area (Å²) in [4.78, 5) is 11.3. The fourth-order valence-electron chi connectivity index (χ4n) is 4.54. The average molecular weight is 411 g/mol. The number of nitrogens with zero attached hydrogens (tertiary/aromatic N) is 1. The molecule has 1 aliphatic rings. The smallest absolute Gasteiger partial charge is 0.303 e. The Morgan fingerprint density at radius 3 is 2.63 bits per heavy atom. The first-order valence-corrected chi connectivity index (χ1v) is 10.0. The zero-order valence-corrected chi connectivity index (χ0v) is 17.6. The van der Waals surface area contributed by atoms with Gasteiger partial charge in [0.1, 0.15) is 11.6 Å². The molecule has 4 rings (SSSR count). The average Bonchev–Trinajstić information content (AvgIpc) is 3.05. The van der Waals surface area contributed by atoms with Gasteiger partial charge in [0, 0.05) is 34.2 Å². The third kappa shape index (κ3) is 3.06. The molecule has 0 saturated carbocycles. The van der Waals surface area contributed by atoms with Gasteiger partial charge in [-0.3, -0.25) is 4.79 Å². The van der Waals surface area contributed by atoms with Crippen molar-refractivity contribution < 1.29 is 24.1 Å². The highest BCUT2D eigenvalue weighted by Gasteiger charge is 2.46. The molecule has 1 atom stereocenters. The number of phenols is 1. The van der Waals surface area contributed by atoms with Gasteiger partial charge in [-0.1, -0.05) is 19.9 Å².